The number of aromatic nitrogens is 1. The van der Waals surface area contributed by atoms with Crippen LogP contribution in [0.15, 0.2) is 59.6 Å². The van der Waals surface area contributed by atoms with Gasteiger partial charge in [-0.3, -0.25) is 4.79 Å². The first-order valence-electron chi connectivity index (χ1n) is 9.08. The van der Waals surface area contributed by atoms with E-state index in [4.69, 9.17) is 9.72 Å². The molecule has 1 aliphatic carbocycles. The fraction of sp³-hybridized carbons (Fsp3) is 0.273. The van der Waals surface area contributed by atoms with E-state index in [9.17, 15) is 4.79 Å². The number of nitrogens with zero attached hydrogens (tertiary/aromatic N) is 2. The molecule has 0 spiro atoms. The van der Waals surface area contributed by atoms with Gasteiger partial charge in [-0.15, -0.1) is 0 Å². The summed E-state index contributed by atoms with van der Waals surface area (Å²) in [6.07, 6.45) is 2.25. The van der Waals surface area contributed by atoms with E-state index < -0.39 is 0 Å². The Morgan fingerprint density at radius 1 is 1.19 bits per heavy atom. The van der Waals surface area contributed by atoms with Crippen molar-refractivity contribution in [3.63, 3.8) is 0 Å². The molecule has 3 aromatic rings. The molecule has 4 nitrogen and oxygen atoms in total. The lowest BCUT2D eigenvalue weighted by molar-refractivity contribution is -0.127. The highest BCUT2D eigenvalue weighted by atomic mass is 32.2. The van der Waals surface area contributed by atoms with Crippen molar-refractivity contribution < 1.29 is 9.53 Å². The lowest BCUT2D eigenvalue weighted by Crippen LogP contribution is -2.30. The van der Waals surface area contributed by atoms with Crippen molar-refractivity contribution in [2.24, 2.45) is 0 Å². The van der Waals surface area contributed by atoms with Gasteiger partial charge >= 0.3 is 0 Å². The molecule has 138 valence electrons. The molecular formula is C22H22N2O2S. The normalized spacial score (nSPS) is 13.6. The number of pyridine rings is 1. The smallest absolute Gasteiger partial charge is 0.232 e. The van der Waals surface area contributed by atoms with E-state index in [0.29, 0.717) is 11.8 Å². The Kier molecular flexibility index (Phi) is 5.03. The molecule has 0 unspecified atom stereocenters. The monoisotopic (exact) mass is 378 g/mol. The molecule has 5 heteroatoms. The average Bonchev–Trinajstić information content (AvgIpc) is 3.56. The van der Waals surface area contributed by atoms with Crippen molar-refractivity contribution in [2.75, 3.05) is 19.9 Å². The van der Waals surface area contributed by atoms with Crippen molar-refractivity contribution in [3.8, 4) is 16.9 Å². The summed E-state index contributed by atoms with van der Waals surface area (Å²) in [6.45, 7) is 0. The molecule has 27 heavy (non-hydrogen) atoms. The van der Waals surface area contributed by atoms with E-state index in [1.165, 1.54) is 11.8 Å². The van der Waals surface area contributed by atoms with Gasteiger partial charge in [0.1, 0.15) is 5.75 Å². The zero-order chi connectivity index (χ0) is 18.8. The van der Waals surface area contributed by atoms with Crippen LogP contribution >= 0.6 is 11.8 Å². The Hall–Kier alpha value is -2.53. The van der Waals surface area contributed by atoms with Gasteiger partial charge in [0, 0.05) is 24.5 Å². The van der Waals surface area contributed by atoms with Crippen molar-refractivity contribution in [1.82, 2.24) is 9.88 Å². The number of hydrogen-bond donors (Lipinski definition) is 0. The molecule has 0 N–H and O–H groups in total. The van der Waals surface area contributed by atoms with E-state index >= 15 is 0 Å². The number of ether oxygens (including phenoxy) is 1. The second kappa shape index (κ2) is 7.61. The number of methoxy groups -OCH3 is 1. The van der Waals surface area contributed by atoms with Gasteiger partial charge in [0.2, 0.25) is 5.91 Å². The predicted molar refractivity (Wildman–Crippen MR) is 110 cm³/mol. The topological polar surface area (TPSA) is 42.4 Å². The number of fused-ring (bicyclic) bond motifs is 1. The van der Waals surface area contributed by atoms with Crippen LogP contribution in [-0.4, -0.2) is 41.7 Å². The molecule has 1 heterocycles. The van der Waals surface area contributed by atoms with E-state index in [1.54, 1.807) is 7.11 Å². The van der Waals surface area contributed by atoms with Gasteiger partial charge in [0.15, 0.2) is 0 Å². The summed E-state index contributed by atoms with van der Waals surface area (Å²) in [5.41, 5.74) is 3.13. The van der Waals surface area contributed by atoms with Crippen LogP contribution in [-0.2, 0) is 4.79 Å². The Bertz CT molecular complexity index is 971. The first-order valence-corrected chi connectivity index (χ1v) is 10.1. The average molecular weight is 378 g/mol. The van der Waals surface area contributed by atoms with Crippen molar-refractivity contribution in [3.05, 3.63) is 54.6 Å². The lowest BCUT2D eigenvalue weighted by atomic mass is 10.0. The van der Waals surface area contributed by atoms with Gasteiger partial charge in [-0.25, -0.2) is 4.98 Å². The predicted octanol–water partition coefficient (Wildman–Crippen LogP) is 4.62. The largest absolute Gasteiger partial charge is 0.497 e. The first kappa shape index (κ1) is 17.9. The third-order valence-electron chi connectivity index (χ3n) is 4.91. The molecule has 1 fully saturated rings. The summed E-state index contributed by atoms with van der Waals surface area (Å²) in [5, 5.41) is 1.93. The van der Waals surface area contributed by atoms with Crippen LogP contribution in [0, 0.1) is 0 Å². The highest BCUT2D eigenvalue weighted by Crippen LogP contribution is 2.34. The van der Waals surface area contributed by atoms with Crippen LogP contribution in [0.2, 0.25) is 0 Å². The highest BCUT2D eigenvalue weighted by molar-refractivity contribution is 7.99. The standard InChI is InChI=1S/C22H22N2O2S/c1-24(16-8-9-16)22(25)14-27-21-13-19(15-6-4-3-5-7-15)18-11-10-17(26-2)12-20(18)23-21/h3-7,10-13,16H,8-9,14H2,1-2H3. The summed E-state index contributed by atoms with van der Waals surface area (Å²) in [5.74, 6) is 1.35. The molecule has 2 aromatic carbocycles. The molecule has 1 aromatic heterocycles. The fourth-order valence-corrected chi connectivity index (χ4v) is 3.98. The van der Waals surface area contributed by atoms with Gasteiger partial charge in [-0.1, -0.05) is 42.1 Å². The van der Waals surface area contributed by atoms with Crippen LogP contribution in [0.5, 0.6) is 5.75 Å². The summed E-state index contributed by atoms with van der Waals surface area (Å²) in [7, 11) is 3.55. The second-order valence-corrected chi connectivity index (χ2v) is 7.78. The quantitative estimate of drug-likeness (QED) is 0.587. The zero-order valence-corrected chi connectivity index (χ0v) is 16.3. The second-order valence-electron chi connectivity index (χ2n) is 6.78. The Labute approximate surface area is 163 Å². The number of carbonyl (C=O) groups excluding carboxylic acids is 1. The van der Waals surface area contributed by atoms with Gasteiger partial charge < -0.3 is 9.64 Å². The number of benzene rings is 2. The summed E-state index contributed by atoms with van der Waals surface area (Å²) in [4.78, 5) is 19.0. The van der Waals surface area contributed by atoms with Gasteiger partial charge in [-0.2, -0.15) is 0 Å². The summed E-state index contributed by atoms with van der Waals surface area (Å²) < 4.78 is 5.36. The maximum absolute atomic E-state index is 12.4. The van der Waals surface area contributed by atoms with Crippen molar-refractivity contribution in [2.45, 2.75) is 23.9 Å². The van der Waals surface area contributed by atoms with Gasteiger partial charge in [-0.05, 0) is 42.2 Å². The summed E-state index contributed by atoms with van der Waals surface area (Å²) >= 11 is 1.50. The fourth-order valence-electron chi connectivity index (χ4n) is 3.14. The third kappa shape index (κ3) is 3.93. The molecule has 1 amide bonds. The highest BCUT2D eigenvalue weighted by Gasteiger charge is 2.29. The first-order chi connectivity index (χ1) is 13.2. The van der Waals surface area contributed by atoms with Crippen LogP contribution in [0.1, 0.15) is 12.8 Å². The molecule has 0 radical (unpaired) electrons. The number of hydrogen-bond acceptors (Lipinski definition) is 4. The van der Waals surface area contributed by atoms with Crippen LogP contribution in [0.25, 0.3) is 22.0 Å². The Balaban J connectivity index is 1.68. The van der Waals surface area contributed by atoms with Gasteiger partial charge in [0.25, 0.3) is 0 Å². The number of rotatable bonds is 6. The molecule has 0 aliphatic heterocycles. The van der Waals surface area contributed by atoms with E-state index in [0.717, 1.165) is 45.6 Å². The third-order valence-corrected chi connectivity index (χ3v) is 5.81. The number of carbonyl (C=O) groups is 1. The van der Waals surface area contributed by atoms with Crippen molar-refractivity contribution in [1.29, 1.82) is 0 Å². The van der Waals surface area contributed by atoms with Crippen LogP contribution in [0.3, 0.4) is 0 Å². The molecule has 0 atom stereocenters. The number of thioether (sulfide) groups is 1. The summed E-state index contributed by atoms with van der Waals surface area (Å²) in [6, 6.07) is 18.7. The lowest BCUT2D eigenvalue weighted by Gasteiger charge is -2.16. The SMILES string of the molecule is COc1ccc2c(-c3ccccc3)cc(SCC(=O)N(C)C3CC3)nc2c1. The van der Waals surface area contributed by atoms with Gasteiger partial charge in [0.05, 0.1) is 23.4 Å². The zero-order valence-electron chi connectivity index (χ0n) is 15.5. The van der Waals surface area contributed by atoms with E-state index in [1.807, 2.05) is 48.3 Å². The van der Waals surface area contributed by atoms with Crippen LogP contribution < -0.4 is 4.74 Å². The Morgan fingerprint density at radius 3 is 2.67 bits per heavy atom. The molecule has 4 rings (SSSR count). The maximum atomic E-state index is 12.4. The molecular weight excluding hydrogens is 356 g/mol. The minimum Gasteiger partial charge on any atom is -0.497 e. The molecule has 1 aliphatic rings. The molecule has 0 saturated heterocycles. The van der Waals surface area contributed by atoms with Crippen molar-refractivity contribution >= 4 is 28.6 Å². The van der Waals surface area contributed by atoms with Crippen LogP contribution in [0.4, 0.5) is 0 Å². The molecule has 1 saturated carbocycles. The van der Waals surface area contributed by atoms with E-state index in [2.05, 4.69) is 18.2 Å². The Morgan fingerprint density at radius 2 is 1.96 bits per heavy atom. The minimum absolute atomic E-state index is 0.163. The van der Waals surface area contributed by atoms with E-state index in [-0.39, 0.29) is 5.91 Å². The molecule has 0 bridgehead atoms. The maximum Gasteiger partial charge on any atom is 0.232 e. The number of amides is 1. The minimum atomic E-state index is 0.163.